The van der Waals surface area contributed by atoms with Gasteiger partial charge in [0.2, 0.25) is 0 Å². The Kier molecular flexibility index (Phi) is 8.76. The van der Waals surface area contributed by atoms with Gasteiger partial charge < -0.3 is 4.57 Å². The number of benzene rings is 5. The highest BCUT2D eigenvalue weighted by Gasteiger charge is 2.38. The zero-order chi connectivity index (χ0) is 37.8. The first-order chi connectivity index (χ1) is 26.9. The van der Waals surface area contributed by atoms with Crippen molar-refractivity contribution in [3.63, 3.8) is 0 Å². The Morgan fingerprint density at radius 3 is 2.09 bits per heavy atom. The summed E-state index contributed by atoms with van der Waals surface area (Å²) < 4.78 is 2.49. The van der Waals surface area contributed by atoms with Crippen LogP contribution in [0.3, 0.4) is 0 Å². The van der Waals surface area contributed by atoms with E-state index in [4.69, 9.17) is 4.98 Å². The molecule has 1 aliphatic carbocycles. The molecule has 0 unspecified atom stereocenters. The summed E-state index contributed by atoms with van der Waals surface area (Å²) >= 11 is 3.74. The van der Waals surface area contributed by atoms with E-state index in [1.807, 2.05) is 54.7 Å². The predicted molar refractivity (Wildman–Crippen MR) is 237 cm³/mol. The lowest BCUT2D eigenvalue weighted by molar-refractivity contribution is 0.661. The molecule has 55 heavy (non-hydrogen) atoms. The number of hydrogen-bond donors (Lipinski definition) is 0. The Hall–Kier alpha value is -5.81. The van der Waals surface area contributed by atoms with Gasteiger partial charge in [0.1, 0.15) is 0 Å². The molecule has 0 amide bonds. The third kappa shape index (κ3) is 5.63. The van der Waals surface area contributed by atoms with E-state index in [-0.39, 0.29) is 5.41 Å². The minimum atomic E-state index is -0.244. The lowest BCUT2D eigenvalue weighted by Crippen LogP contribution is -2.16. The van der Waals surface area contributed by atoms with Gasteiger partial charge in [-0.15, -0.1) is 0 Å². The highest BCUT2D eigenvalue weighted by molar-refractivity contribution is 8.05. The van der Waals surface area contributed by atoms with Crippen molar-refractivity contribution in [2.45, 2.75) is 45.8 Å². The van der Waals surface area contributed by atoms with Crippen LogP contribution in [0, 0.1) is 0 Å². The molecule has 0 atom stereocenters. The number of rotatable bonds is 8. The van der Waals surface area contributed by atoms with E-state index < -0.39 is 0 Å². The molecule has 4 heteroatoms. The number of hydrogen-bond acceptors (Lipinski definition) is 3. The molecule has 0 saturated heterocycles. The van der Waals surface area contributed by atoms with Gasteiger partial charge in [-0.1, -0.05) is 160 Å². The zero-order valence-corrected chi connectivity index (χ0v) is 32.9. The topological polar surface area (TPSA) is 17.8 Å². The molecular formula is C51H40N2S2. The highest BCUT2D eigenvalue weighted by atomic mass is 32.2. The summed E-state index contributed by atoms with van der Waals surface area (Å²) in [6.45, 7) is 19.2. The third-order valence-corrected chi connectivity index (χ3v) is 13.5. The SMILES string of the molecule is C=C/C=C(\C=C/C)c1cc(-c2ccccc2)nc(-c2ccc(-n3c4ccc5c(c4c4ccc6c(c43)Sc3ccccc3S6)C(C)(C)C(C=C)=C5C=C)cc2)c1. The van der Waals surface area contributed by atoms with Crippen LogP contribution in [0.4, 0.5) is 0 Å². The van der Waals surface area contributed by atoms with Gasteiger partial charge in [0.05, 0.1) is 27.3 Å². The maximum Gasteiger partial charge on any atom is 0.0715 e. The van der Waals surface area contributed by atoms with Crippen molar-refractivity contribution in [2.75, 3.05) is 0 Å². The van der Waals surface area contributed by atoms with Gasteiger partial charge in [-0.2, -0.15) is 0 Å². The third-order valence-electron chi connectivity index (χ3n) is 10.9. The molecule has 9 rings (SSSR count). The molecule has 5 aromatic carbocycles. The second kappa shape index (κ2) is 13.8. The zero-order valence-electron chi connectivity index (χ0n) is 31.3. The summed E-state index contributed by atoms with van der Waals surface area (Å²) in [5, 5.41) is 2.55. The van der Waals surface area contributed by atoms with E-state index in [0.717, 1.165) is 39.3 Å². The molecule has 2 aromatic heterocycles. The van der Waals surface area contributed by atoms with Crippen molar-refractivity contribution in [3.8, 4) is 28.2 Å². The van der Waals surface area contributed by atoms with E-state index in [2.05, 4.69) is 166 Å². The molecule has 266 valence electrons. The fourth-order valence-electron chi connectivity index (χ4n) is 8.45. The molecule has 0 saturated carbocycles. The maximum atomic E-state index is 5.22. The van der Waals surface area contributed by atoms with Crippen LogP contribution >= 0.6 is 23.5 Å². The van der Waals surface area contributed by atoms with Crippen molar-refractivity contribution in [2.24, 2.45) is 0 Å². The van der Waals surface area contributed by atoms with Gasteiger partial charge in [-0.05, 0) is 88.9 Å². The van der Waals surface area contributed by atoms with Gasteiger partial charge in [0, 0.05) is 47.7 Å². The predicted octanol–water partition coefficient (Wildman–Crippen LogP) is 14.7. The Bertz CT molecular complexity index is 2830. The molecule has 2 aliphatic rings. The lowest BCUT2D eigenvalue weighted by atomic mass is 9.79. The molecule has 0 fully saturated rings. The summed E-state index contributed by atoms with van der Waals surface area (Å²) in [5.74, 6) is 0. The first-order valence-corrected chi connectivity index (χ1v) is 20.2. The summed E-state index contributed by atoms with van der Waals surface area (Å²) in [4.78, 5) is 10.4. The Balaban J connectivity index is 1.27. The van der Waals surface area contributed by atoms with Crippen molar-refractivity contribution in [3.05, 3.63) is 194 Å². The summed E-state index contributed by atoms with van der Waals surface area (Å²) in [6, 6.07) is 41.7. The molecule has 0 spiro atoms. The summed E-state index contributed by atoms with van der Waals surface area (Å²) in [5.41, 5.74) is 14.4. The lowest BCUT2D eigenvalue weighted by Gasteiger charge is -2.24. The van der Waals surface area contributed by atoms with Crippen LogP contribution in [0.1, 0.15) is 37.5 Å². The second-order valence-electron chi connectivity index (χ2n) is 14.4. The Morgan fingerprint density at radius 2 is 1.42 bits per heavy atom. The normalized spacial score (nSPS) is 14.6. The van der Waals surface area contributed by atoms with Gasteiger partial charge in [0.15, 0.2) is 0 Å². The molecule has 2 nitrogen and oxygen atoms in total. The summed E-state index contributed by atoms with van der Waals surface area (Å²) in [6.07, 6.45) is 12.1. The molecule has 0 radical (unpaired) electrons. The van der Waals surface area contributed by atoms with E-state index in [9.17, 15) is 0 Å². The van der Waals surface area contributed by atoms with Crippen LogP contribution in [0.2, 0.25) is 0 Å². The van der Waals surface area contributed by atoms with Crippen LogP contribution in [-0.2, 0) is 5.41 Å². The summed E-state index contributed by atoms with van der Waals surface area (Å²) in [7, 11) is 0. The number of fused-ring (bicyclic) bond motifs is 8. The first kappa shape index (κ1) is 34.9. The van der Waals surface area contributed by atoms with Crippen LogP contribution in [0.5, 0.6) is 0 Å². The minimum Gasteiger partial charge on any atom is -0.308 e. The van der Waals surface area contributed by atoms with Crippen LogP contribution in [0.15, 0.2) is 197 Å². The average molecular weight is 745 g/mol. The highest BCUT2D eigenvalue weighted by Crippen LogP contribution is 2.56. The molecule has 0 N–H and O–H groups in total. The van der Waals surface area contributed by atoms with Crippen LogP contribution < -0.4 is 0 Å². The van der Waals surface area contributed by atoms with Gasteiger partial charge >= 0.3 is 0 Å². The molecule has 3 heterocycles. The fraction of sp³-hybridized carbons (Fsp3) is 0.0784. The number of aromatic nitrogens is 2. The number of allylic oxidation sites excluding steroid dienone is 9. The van der Waals surface area contributed by atoms with E-state index in [1.165, 1.54) is 63.7 Å². The van der Waals surface area contributed by atoms with Crippen molar-refractivity contribution < 1.29 is 0 Å². The Labute approximate surface area is 332 Å². The Morgan fingerprint density at radius 1 is 0.727 bits per heavy atom. The number of pyridine rings is 1. The molecule has 0 bridgehead atoms. The minimum absolute atomic E-state index is 0.244. The maximum absolute atomic E-state index is 5.22. The first-order valence-electron chi connectivity index (χ1n) is 18.6. The standard InChI is InChI=1S/C51H40N2S2/c1-7-16-32(17-8-2)35-30-41(33-18-12-11-13-19-33)52-42(31-35)34-22-24-36(25-23-34)53-43-28-26-38-37(9-3)40(10-4)51(5,6)48(38)47(43)39-27-29-46-50(49(39)53)55-45-21-15-14-20-44(45)54-46/h7-31H,1,3-4H2,2,5-6H3/b17-8-,32-16+. The number of nitrogens with zero attached hydrogens (tertiary/aromatic N) is 2. The monoisotopic (exact) mass is 744 g/mol. The van der Waals surface area contributed by atoms with E-state index >= 15 is 0 Å². The van der Waals surface area contributed by atoms with Crippen LogP contribution in [0.25, 0.3) is 61.2 Å². The van der Waals surface area contributed by atoms with Crippen LogP contribution in [-0.4, -0.2) is 9.55 Å². The van der Waals surface area contributed by atoms with E-state index in [1.54, 1.807) is 0 Å². The largest absolute Gasteiger partial charge is 0.308 e. The molecule has 7 aromatic rings. The fourth-order valence-corrected chi connectivity index (χ4v) is 10.8. The van der Waals surface area contributed by atoms with Crippen molar-refractivity contribution in [1.29, 1.82) is 0 Å². The second-order valence-corrected chi connectivity index (χ2v) is 16.6. The molecule has 1 aliphatic heterocycles. The van der Waals surface area contributed by atoms with Gasteiger partial charge in [0.25, 0.3) is 0 Å². The van der Waals surface area contributed by atoms with Gasteiger partial charge in [-0.25, -0.2) is 4.98 Å². The van der Waals surface area contributed by atoms with Crippen molar-refractivity contribution in [1.82, 2.24) is 9.55 Å². The quantitative estimate of drug-likeness (QED) is 0.144. The van der Waals surface area contributed by atoms with Crippen molar-refractivity contribution >= 4 is 56.5 Å². The van der Waals surface area contributed by atoms with Gasteiger partial charge in [-0.3, -0.25) is 0 Å². The smallest absolute Gasteiger partial charge is 0.0715 e. The molecular weight excluding hydrogens is 705 g/mol. The van der Waals surface area contributed by atoms with E-state index in [0.29, 0.717) is 0 Å². The average Bonchev–Trinajstić information content (AvgIpc) is 3.67.